The normalized spacial score (nSPS) is 11.5. The average molecular weight is 273 g/mol. The summed E-state index contributed by atoms with van der Waals surface area (Å²) in [7, 11) is 0. The Kier molecular flexibility index (Phi) is 9.52. The maximum Gasteiger partial charge on any atom is 0.407 e. The van der Waals surface area contributed by atoms with Gasteiger partial charge < -0.3 is 19.5 Å². The molecule has 0 fully saturated rings. The fourth-order valence-electron chi connectivity index (χ4n) is 0.952. The van der Waals surface area contributed by atoms with Crippen molar-refractivity contribution in [2.75, 3.05) is 26.4 Å². The number of carbonyl (C=O) groups is 2. The topological polar surface area (TPSA) is 73.9 Å². The van der Waals surface area contributed by atoms with E-state index in [4.69, 9.17) is 14.2 Å². The van der Waals surface area contributed by atoms with Crippen LogP contribution in [0.15, 0.2) is 12.2 Å². The Labute approximate surface area is 114 Å². The summed E-state index contributed by atoms with van der Waals surface area (Å²) in [6, 6.07) is 0. The molecule has 0 spiro atoms. The SMILES string of the molecule is C=C(C)C(=O)OCCOCCNC(=O)OC(C)CC. The average Bonchev–Trinajstić information content (AvgIpc) is 2.36. The van der Waals surface area contributed by atoms with Gasteiger partial charge in [-0.15, -0.1) is 0 Å². The number of ether oxygens (including phenoxy) is 3. The number of alkyl carbamates (subject to hydrolysis) is 1. The van der Waals surface area contributed by atoms with E-state index < -0.39 is 12.1 Å². The van der Waals surface area contributed by atoms with Gasteiger partial charge in [-0.25, -0.2) is 9.59 Å². The number of hydrogen-bond donors (Lipinski definition) is 1. The molecule has 1 atom stereocenters. The van der Waals surface area contributed by atoms with E-state index in [-0.39, 0.29) is 19.3 Å². The monoisotopic (exact) mass is 273 g/mol. The van der Waals surface area contributed by atoms with Crippen LogP contribution >= 0.6 is 0 Å². The van der Waals surface area contributed by atoms with E-state index in [1.165, 1.54) is 0 Å². The molecular weight excluding hydrogens is 250 g/mol. The lowest BCUT2D eigenvalue weighted by Crippen LogP contribution is -2.30. The van der Waals surface area contributed by atoms with Gasteiger partial charge in [0.25, 0.3) is 0 Å². The van der Waals surface area contributed by atoms with Crippen LogP contribution in [-0.4, -0.2) is 44.5 Å². The molecule has 0 heterocycles. The van der Waals surface area contributed by atoms with Crippen molar-refractivity contribution in [2.45, 2.75) is 33.3 Å². The van der Waals surface area contributed by atoms with Gasteiger partial charge >= 0.3 is 12.1 Å². The van der Waals surface area contributed by atoms with Crippen LogP contribution in [0.4, 0.5) is 4.79 Å². The molecule has 0 radical (unpaired) electrons. The third-order valence-corrected chi connectivity index (χ3v) is 2.21. The molecular formula is C13H23NO5. The number of esters is 1. The van der Waals surface area contributed by atoms with Gasteiger partial charge in [0.05, 0.1) is 13.2 Å². The smallest absolute Gasteiger partial charge is 0.407 e. The molecule has 1 amide bonds. The molecule has 0 aliphatic carbocycles. The van der Waals surface area contributed by atoms with Crippen molar-refractivity contribution in [2.24, 2.45) is 0 Å². The highest BCUT2D eigenvalue weighted by Gasteiger charge is 2.06. The van der Waals surface area contributed by atoms with Crippen LogP contribution in [0.25, 0.3) is 0 Å². The van der Waals surface area contributed by atoms with Crippen LogP contribution in [-0.2, 0) is 19.0 Å². The standard InChI is InChI=1S/C13H23NO5/c1-5-11(4)19-13(16)14-6-7-17-8-9-18-12(15)10(2)3/h11H,2,5-9H2,1,3-4H3,(H,14,16). The van der Waals surface area contributed by atoms with Gasteiger partial charge in [0.2, 0.25) is 0 Å². The maximum absolute atomic E-state index is 11.2. The van der Waals surface area contributed by atoms with E-state index in [2.05, 4.69) is 11.9 Å². The first kappa shape index (κ1) is 17.4. The number of carbonyl (C=O) groups excluding carboxylic acids is 2. The van der Waals surface area contributed by atoms with E-state index in [1.54, 1.807) is 6.92 Å². The number of nitrogens with one attached hydrogen (secondary N) is 1. The Balaban J connectivity index is 3.38. The molecule has 0 aliphatic rings. The number of amides is 1. The van der Waals surface area contributed by atoms with Crippen molar-refractivity contribution in [3.05, 3.63) is 12.2 Å². The number of rotatable bonds is 9. The molecule has 0 bridgehead atoms. The van der Waals surface area contributed by atoms with Gasteiger partial charge in [-0.3, -0.25) is 0 Å². The Bertz CT molecular complexity index is 303. The van der Waals surface area contributed by atoms with Gasteiger partial charge in [-0.2, -0.15) is 0 Å². The van der Waals surface area contributed by atoms with Crippen molar-refractivity contribution >= 4 is 12.1 Å². The molecule has 0 aromatic carbocycles. The molecule has 6 heteroatoms. The zero-order chi connectivity index (χ0) is 14.7. The maximum atomic E-state index is 11.2. The quantitative estimate of drug-likeness (QED) is 0.393. The lowest BCUT2D eigenvalue weighted by Gasteiger charge is -2.11. The molecule has 0 saturated heterocycles. The zero-order valence-corrected chi connectivity index (χ0v) is 11.9. The molecule has 0 saturated carbocycles. The predicted octanol–water partition coefficient (Wildman–Crippen LogP) is 1.65. The molecule has 1 N–H and O–H groups in total. The molecule has 1 unspecified atom stereocenters. The van der Waals surface area contributed by atoms with Gasteiger partial charge in [-0.05, 0) is 20.3 Å². The first-order valence-electron chi connectivity index (χ1n) is 6.32. The van der Waals surface area contributed by atoms with Crippen molar-refractivity contribution in [1.82, 2.24) is 5.32 Å². The van der Waals surface area contributed by atoms with Crippen LogP contribution in [0.1, 0.15) is 27.2 Å². The lowest BCUT2D eigenvalue weighted by atomic mass is 10.3. The van der Waals surface area contributed by atoms with Crippen LogP contribution in [0.3, 0.4) is 0 Å². The third kappa shape index (κ3) is 10.1. The largest absolute Gasteiger partial charge is 0.460 e. The minimum absolute atomic E-state index is 0.0949. The number of hydrogen-bond acceptors (Lipinski definition) is 5. The lowest BCUT2D eigenvalue weighted by molar-refractivity contribution is -0.140. The van der Waals surface area contributed by atoms with E-state index in [0.29, 0.717) is 18.7 Å². The second kappa shape index (κ2) is 10.4. The van der Waals surface area contributed by atoms with Gasteiger partial charge in [0.15, 0.2) is 0 Å². The van der Waals surface area contributed by atoms with Crippen LogP contribution in [0.2, 0.25) is 0 Å². The second-order valence-electron chi connectivity index (χ2n) is 4.08. The molecule has 6 nitrogen and oxygen atoms in total. The summed E-state index contributed by atoms with van der Waals surface area (Å²) in [5, 5.41) is 2.56. The van der Waals surface area contributed by atoms with E-state index >= 15 is 0 Å². The zero-order valence-electron chi connectivity index (χ0n) is 11.9. The van der Waals surface area contributed by atoms with Crippen LogP contribution in [0.5, 0.6) is 0 Å². The first-order chi connectivity index (χ1) is 8.97. The summed E-state index contributed by atoms with van der Waals surface area (Å²) >= 11 is 0. The van der Waals surface area contributed by atoms with Gasteiger partial charge in [0, 0.05) is 12.1 Å². The minimum atomic E-state index is -0.452. The summed E-state index contributed by atoms with van der Waals surface area (Å²) in [6.45, 7) is 9.93. The van der Waals surface area contributed by atoms with Crippen molar-refractivity contribution in [3.8, 4) is 0 Å². The summed E-state index contributed by atoms with van der Waals surface area (Å²) in [6.07, 6.45) is 0.229. The second-order valence-corrected chi connectivity index (χ2v) is 4.08. The summed E-state index contributed by atoms with van der Waals surface area (Å²) in [4.78, 5) is 22.2. The molecule has 19 heavy (non-hydrogen) atoms. The molecule has 110 valence electrons. The predicted molar refractivity (Wildman–Crippen MR) is 70.8 cm³/mol. The van der Waals surface area contributed by atoms with E-state index in [0.717, 1.165) is 6.42 Å². The van der Waals surface area contributed by atoms with E-state index in [9.17, 15) is 9.59 Å². The van der Waals surface area contributed by atoms with Crippen molar-refractivity contribution < 1.29 is 23.8 Å². The highest BCUT2D eigenvalue weighted by Crippen LogP contribution is 1.95. The Hall–Kier alpha value is -1.56. The molecule has 0 aliphatic heterocycles. The Morgan fingerprint density at radius 2 is 1.95 bits per heavy atom. The first-order valence-corrected chi connectivity index (χ1v) is 6.32. The highest BCUT2D eigenvalue weighted by atomic mass is 16.6. The molecule has 0 rings (SSSR count). The van der Waals surface area contributed by atoms with E-state index in [1.807, 2.05) is 13.8 Å². The van der Waals surface area contributed by atoms with Crippen LogP contribution < -0.4 is 5.32 Å². The highest BCUT2D eigenvalue weighted by molar-refractivity contribution is 5.86. The fraction of sp³-hybridized carbons (Fsp3) is 0.692. The van der Waals surface area contributed by atoms with Crippen molar-refractivity contribution in [1.29, 1.82) is 0 Å². The summed E-state index contributed by atoms with van der Waals surface area (Å²) in [5.41, 5.74) is 0.356. The van der Waals surface area contributed by atoms with Gasteiger partial charge in [-0.1, -0.05) is 13.5 Å². The van der Waals surface area contributed by atoms with Crippen LogP contribution in [0, 0.1) is 0 Å². The Morgan fingerprint density at radius 3 is 2.53 bits per heavy atom. The molecule has 0 aromatic heterocycles. The van der Waals surface area contributed by atoms with Gasteiger partial charge in [0.1, 0.15) is 12.7 Å². The molecule has 0 aromatic rings. The summed E-state index contributed by atoms with van der Waals surface area (Å²) in [5.74, 6) is -0.432. The van der Waals surface area contributed by atoms with Crippen molar-refractivity contribution in [3.63, 3.8) is 0 Å². The third-order valence-electron chi connectivity index (χ3n) is 2.21. The Morgan fingerprint density at radius 1 is 1.26 bits per heavy atom. The summed E-state index contributed by atoms with van der Waals surface area (Å²) < 4.78 is 15.0. The fourth-order valence-corrected chi connectivity index (χ4v) is 0.952. The minimum Gasteiger partial charge on any atom is -0.460 e.